The molecule has 0 spiro atoms. The highest BCUT2D eigenvalue weighted by Crippen LogP contribution is 2.34. The predicted octanol–water partition coefficient (Wildman–Crippen LogP) is 5.42. The van der Waals surface area contributed by atoms with Crippen LogP contribution < -0.4 is 27.4 Å². The molecule has 4 aromatic carbocycles. The monoisotopic (exact) mass is 434 g/mol. The van der Waals surface area contributed by atoms with Crippen molar-refractivity contribution in [2.75, 3.05) is 27.4 Å². The second kappa shape index (κ2) is 8.72. The summed E-state index contributed by atoms with van der Waals surface area (Å²) in [5.41, 5.74) is 17.8. The molecule has 7 N–H and O–H groups in total. The Kier molecular flexibility index (Phi) is 5.30. The number of aromatic nitrogens is 3. The van der Waals surface area contributed by atoms with E-state index < -0.39 is 0 Å². The molecule has 162 valence electrons. The number of anilines is 8. The highest BCUT2D eigenvalue weighted by molar-refractivity contribution is 6.00. The van der Waals surface area contributed by atoms with Gasteiger partial charge in [-0.3, -0.25) is 0 Å². The molecule has 0 fully saturated rings. The summed E-state index contributed by atoms with van der Waals surface area (Å²) in [6.45, 7) is 0. The molecule has 0 bridgehead atoms. The fourth-order valence-corrected chi connectivity index (χ4v) is 3.50. The maximum absolute atomic E-state index is 5.85. The second-order valence-electron chi connectivity index (χ2n) is 7.54. The topological polar surface area (TPSA) is 127 Å². The first-order valence-corrected chi connectivity index (χ1v) is 10.3. The van der Waals surface area contributed by atoms with Gasteiger partial charge in [0.2, 0.25) is 5.95 Å². The van der Waals surface area contributed by atoms with E-state index in [1.165, 1.54) is 12.7 Å². The van der Waals surface area contributed by atoms with E-state index in [9.17, 15) is 0 Å². The van der Waals surface area contributed by atoms with Crippen molar-refractivity contribution in [1.29, 1.82) is 0 Å². The van der Waals surface area contributed by atoms with Crippen LogP contribution in [-0.4, -0.2) is 15.0 Å². The maximum Gasteiger partial charge on any atom is 0.230 e. The molecule has 0 atom stereocenters. The third-order valence-corrected chi connectivity index (χ3v) is 5.09. The van der Waals surface area contributed by atoms with Crippen molar-refractivity contribution in [1.82, 2.24) is 15.0 Å². The van der Waals surface area contributed by atoms with Crippen LogP contribution >= 0.6 is 0 Å². The SMILES string of the molecule is Nc1ccc(Nc2cc(Nc3ccc(N)cc3)c3cc(Nc4ncncn4)ccc3c2)cc1. The van der Waals surface area contributed by atoms with Gasteiger partial charge in [0.15, 0.2) is 0 Å². The van der Waals surface area contributed by atoms with Gasteiger partial charge in [0.25, 0.3) is 0 Å². The van der Waals surface area contributed by atoms with Crippen LogP contribution in [0.1, 0.15) is 0 Å². The first kappa shape index (κ1) is 20.1. The van der Waals surface area contributed by atoms with Crippen molar-refractivity contribution in [3.8, 4) is 0 Å². The molecule has 0 amide bonds. The molecular formula is C25H22N8. The summed E-state index contributed by atoms with van der Waals surface area (Å²) in [5.74, 6) is 0.485. The van der Waals surface area contributed by atoms with Crippen LogP contribution in [0, 0.1) is 0 Å². The Morgan fingerprint density at radius 3 is 1.82 bits per heavy atom. The Balaban J connectivity index is 1.54. The number of nitrogens with zero attached hydrogens (tertiary/aromatic N) is 3. The van der Waals surface area contributed by atoms with E-state index in [0.717, 1.165) is 44.9 Å². The minimum atomic E-state index is 0.485. The van der Waals surface area contributed by atoms with Crippen LogP contribution in [0.15, 0.2) is 91.5 Å². The summed E-state index contributed by atoms with van der Waals surface area (Å²) >= 11 is 0. The Bertz CT molecular complexity index is 1380. The Morgan fingerprint density at radius 1 is 0.545 bits per heavy atom. The molecule has 0 saturated carbocycles. The van der Waals surface area contributed by atoms with Crippen molar-refractivity contribution in [2.45, 2.75) is 0 Å². The van der Waals surface area contributed by atoms with E-state index in [-0.39, 0.29) is 0 Å². The minimum absolute atomic E-state index is 0.485. The number of nitrogens with two attached hydrogens (primary N) is 2. The quantitative estimate of drug-likeness (QED) is 0.224. The van der Waals surface area contributed by atoms with Gasteiger partial charge in [-0.05, 0) is 78.2 Å². The van der Waals surface area contributed by atoms with Crippen LogP contribution in [0.3, 0.4) is 0 Å². The van der Waals surface area contributed by atoms with E-state index in [1.54, 1.807) is 0 Å². The van der Waals surface area contributed by atoms with Crippen LogP contribution in [0.5, 0.6) is 0 Å². The summed E-state index contributed by atoms with van der Waals surface area (Å²) in [6.07, 6.45) is 2.92. The molecule has 5 aromatic rings. The van der Waals surface area contributed by atoms with Gasteiger partial charge in [-0.2, -0.15) is 0 Å². The van der Waals surface area contributed by atoms with Crippen molar-refractivity contribution in [2.24, 2.45) is 0 Å². The smallest absolute Gasteiger partial charge is 0.230 e. The third kappa shape index (κ3) is 4.75. The number of benzene rings is 4. The number of fused-ring (bicyclic) bond motifs is 1. The number of nitrogens with one attached hydrogen (secondary N) is 3. The average Bonchev–Trinajstić information content (AvgIpc) is 2.83. The number of hydrogen-bond donors (Lipinski definition) is 5. The zero-order chi connectivity index (χ0) is 22.6. The summed E-state index contributed by atoms with van der Waals surface area (Å²) in [5, 5.41) is 12.3. The first-order valence-electron chi connectivity index (χ1n) is 10.3. The molecular weight excluding hydrogens is 412 g/mol. The van der Waals surface area contributed by atoms with Crippen LogP contribution in [0.25, 0.3) is 10.8 Å². The van der Waals surface area contributed by atoms with Crippen LogP contribution in [0.2, 0.25) is 0 Å². The van der Waals surface area contributed by atoms with Crippen molar-refractivity contribution >= 4 is 56.5 Å². The zero-order valence-corrected chi connectivity index (χ0v) is 17.7. The lowest BCUT2D eigenvalue weighted by Crippen LogP contribution is -1.99. The van der Waals surface area contributed by atoms with Crippen LogP contribution in [0.4, 0.5) is 45.8 Å². The fraction of sp³-hybridized carbons (Fsp3) is 0. The number of rotatable bonds is 6. The van der Waals surface area contributed by atoms with E-state index in [2.05, 4.69) is 55.2 Å². The molecule has 1 aromatic heterocycles. The third-order valence-electron chi connectivity index (χ3n) is 5.09. The highest BCUT2D eigenvalue weighted by Gasteiger charge is 2.08. The van der Waals surface area contributed by atoms with E-state index in [4.69, 9.17) is 11.5 Å². The zero-order valence-electron chi connectivity index (χ0n) is 17.7. The minimum Gasteiger partial charge on any atom is -0.399 e. The average molecular weight is 435 g/mol. The lowest BCUT2D eigenvalue weighted by atomic mass is 10.1. The summed E-state index contributed by atoms with van der Waals surface area (Å²) in [7, 11) is 0. The van der Waals surface area contributed by atoms with Gasteiger partial charge in [-0.1, -0.05) is 6.07 Å². The van der Waals surface area contributed by atoms with Crippen LogP contribution in [-0.2, 0) is 0 Å². The molecule has 0 aliphatic rings. The van der Waals surface area contributed by atoms with Crippen molar-refractivity contribution < 1.29 is 0 Å². The molecule has 8 nitrogen and oxygen atoms in total. The van der Waals surface area contributed by atoms with Gasteiger partial charge >= 0.3 is 0 Å². The molecule has 8 heteroatoms. The molecule has 0 aliphatic heterocycles. The molecule has 0 radical (unpaired) electrons. The van der Waals surface area contributed by atoms with Gasteiger partial charge in [-0.15, -0.1) is 0 Å². The van der Waals surface area contributed by atoms with E-state index in [0.29, 0.717) is 11.6 Å². The van der Waals surface area contributed by atoms with Gasteiger partial charge in [0, 0.05) is 45.2 Å². The normalized spacial score (nSPS) is 10.7. The molecule has 5 rings (SSSR count). The Morgan fingerprint density at radius 2 is 1.15 bits per heavy atom. The van der Waals surface area contributed by atoms with Gasteiger partial charge in [-0.25, -0.2) is 15.0 Å². The van der Waals surface area contributed by atoms with E-state index >= 15 is 0 Å². The molecule has 0 aliphatic carbocycles. The molecule has 0 saturated heterocycles. The largest absolute Gasteiger partial charge is 0.399 e. The van der Waals surface area contributed by atoms with Crippen molar-refractivity contribution in [3.63, 3.8) is 0 Å². The lowest BCUT2D eigenvalue weighted by molar-refractivity contribution is 1.05. The molecule has 0 unspecified atom stereocenters. The summed E-state index contributed by atoms with van der Waals surface area (Å²) < 4.78 is 0. The maximum atomic E-state index is 5.85. The molecule has 1 heterocycles. The summed E-state index contributed by atoms with van der Waals surface area (Å²) in [6, 6.07) is 25.6. The van der Waals surface area contributed by atoms with Gasteiger partial charge in [0.1, 0.15) is 12.7 Å². The predicted molar refractivity (Wildman–Crippen MR) is 135 cm³/mol. The van der Waals surface area contributed by atoms with Gasteiger partial charge in [0.05, 0.1) is 0 Å². The lowest BCUT2D eigenvalue weighted by Gasteiger charge is -2.15. The Labute approximate surface area is 190 Å². The van der Waals surface area contributed by atoms with Crippen molar-refractivity contribution in [3.05, 3.63) is 91.5 Å². The summed E-state index contributed by atoms with van der Waals surface area (Å²) in [4.78, 5) is 12.1. The first-order chi connectivity index (χ1) is 16.1. The Hall–Kier alpha value is -4.85. The molecule has 33 heavy (non-hydrogen) atoms. The van der Waals surface area contributed by atoms with E-state index in [1.807, 2.05) is 54.6 Å². The highest BCUT2D eigenvalue weighted by atomic mass is 15.1. The second-order valence-corrected chi connectivity index (χ2v) is 7.54. The standard InChI is InChI=1S/C25H22N8/c26-17-2-7-19(8-3-17)31-22-11-16-1-6-21(33-25-29-14-28-15-30-25)12-23(16)24(13-22)32-20-9-4-18(27)5-10-20/h1-15,31-32H,26-27H2,(H,28,29,30,33). The number of nitrogen functional groups attached to an aromatic ring is 2. The fourth-order valence-electron chi connectivity index (χ4n) is 3.50. The van der Waals surface area contributed by atoms with Gasteiger partial charge < -0.3 is 27.4 Å². The number of hydrogen-bond acceptors (Lipinski definition) is 8.